The van der Waals surface area contributed by atoms with Crippen molar-refractivity contribution >= 4 is 24.2 Å². The van der Waals surface area contributed by atoms with Crippen molar-refractivity contribution in [2.24, 2.45) is 5.92 Å². The summed E-state index contributed by atoms with van der Waals surface area (Å²) in [5.74, 6) is -0.522. The maximum atomic E-state index is 13.6. The SMILES string of the molecule is CNCC(C)C(=O)N1CCN(C(=O)c2ccc(C)c(F)c2)CC1.Cl. The molecule has 7 heteroatoms. The molecule has 1 fully saturated rings. The number of nitrogens with zero attached hydrogens (tertiary/aromatic N) is 2. The summed E-state index contributed by atoms with van der Waals surface area (Å²) in [6, 6.07) is 4.54. The minimum atomic E-state index is -0.370. The summed E-state index contributed by atoms with van der Waals surface area (Å²) in [5.41, 5.74) is 0.881. The Kier molecular flexibility index (Phi) is 7.63. The van der Waals surface area contributed by atoms with E-state index in [0.29, 0.717) is 43.9 Å². The van der Waals surface area contributed by atoms with Crippen molar-refractivity contribution in [1.82, 2.24) is 15.1 Å². The van der Waals surface area contributed by atoms with E-state index in [1.807, 2.05) is 14.0 Å². The van der Waals surface area contributed by atoms with Crippen molar-refractivity contribution in [1.29, 1.82) is 0 Å². The van der Waals surface area contributed by atoms with Gasteiger partial charge in [0.1, 0.15) is 5.82 Å². The van der Waals surface area contributed by atoms with Crippen LogP contribution in [0.1, 0.15) is 22.8 Å². The molecule has 134 valence electrons. The van der Waals surface area contributed by atoms with Crippen LogP contribution in [0.25, 0.3) is 0 Å². The zero-order valence-electron chi connectivity index (χ0n) is 14.3. The van der Waals surface area contributed by atoms with Gasteiger partial charge in [0.2, 0.25) is 5.91 Å². The van der Waals surface area contributed by atoms with Gasteiger partial charge >= 0.3 is 0 Å². The van der Waals surface area contributed by atoms with Gasteiger partial charge in [-0.15, -0.1) is 12.4 Å². The average Bonchev–Trinajstić information content (AvgIpc) is 2.56. The van der Waals surface area contributed by atoms with E-state index in [0.717, 1.165) is 0 Å². The molecule has 1 aromatic carbocycles. The first kappa shape index (κ1) is 20.4. The first-order valence-electron chi connectivity index (χ1n) is 7.93. The maximum Gasteiger partial charge on any atom is 0.254 e. The monoisotopic (exact) mass is 357 g/mol. The molecule has 1 aliphatic rings. The molecule has 24 heavy (non-hydrogen) atoms. The van der Waals surface area contributed by atoms with Gasteiger partial charge in [-0.3, -0.25) is 9.59 Å². The van der Waals surface area contributed by atoms with Gasteiger partial charge in [0, 0.05) is 44.2 Å². The lowest BCUT2D eigenvalue weighted by molar-refractivity contribution is -0.136. The highest BCUT2D eigenvalue weighted by atomic mass is 35.5. The van der Waals surface area contributed by atoms with Crippen molar-refractivity contribution < 1.29 is 14.0 Å². The molecule has 1 heterocycles. The smallest absolute Gasteiger partial charge is 0.254 e. The summed E-state index contributed by atoms with van der Waals surface area (Å²) >= 11 is 0. The van der Waals surface area contributed by atoms with Crippen molar-refractivity contribution in [2.75, 3.05) is 39.8 Å². The third kappa shape index (κ3) is 4.68. The number of amides is 2. The Labute approximate surface area is 148 Å². The predicted octanol–water partition coefficient (Wildman–Crippen LogP) is 1.70. The summed E-state index contributed by atoms with van der Waals surface area (Å²) in [6.45, 7) is 6.20. The number of piperazine rings is 1. The van der Waals surface area contributed by atoms with Crippen LogP contribution < -0.4 is 5.32 Å². The van der Waals surface area contributed by atoms with Crippen LogP contribution in [0.5, 0.6) is 0 Å². The topological polar surface area (TPSA) is 52.7 Å². The molecule has 2 rings (SSSR count). The number of rotatable bonds is 4. The number of hydrogen-bond donors (Lipinski definition) is 1. The summed E-state index contributed by atoms with van der Waals surface area (Å²) in [5, 5.41) is 3.00. The molecule has 1 aromatic rings. The zero-order valence-corrected chi connectivity index (χ0v) is 15.2. The molecule has 1 N–H and O–H groups in total. The molecular weight excluding hydrogens is 333 g/mol. The molecule has 0 radical (unpaired) electrons. The predicted molar refractivity (Wildman–Crippen MR) is 94.0 cm³/mol. The Balaban J connectivity index is 0.00000288. The minimum Gasteiger partial charge on any atom is -0.339 e. The molecule has 1 saturated heterocycles. The van der Waals surface area contributed by atoms with Gasteiger partial charge in [-0.1, -0.05) is 13.0 Å². The average molecular weight is 358 g/mol. The van der Waals surface area contributed by atoms with Crippen molar-refractivity contribution in [3.8, 4) is 0 Å². The molecule has 0 aromatic heterocycles. The number of halogens is 2. The van der Waals surface area contributed by atoms with E-state index >= 15 is 0 Å². The fourth-order valence-electron chi connectivity index (χ4n) is 2.74. The van der Waals surface area contributed by atoms with Gasteiger partial charge in [-0.25, -0.2) is 4.39 Å². The minimum absolute atomic E-state index is 0. The second-order valence-corrected chi connectivity index (χ2v) is 6.04. The highest BCUT2D eigenvalue weighted by Crippen LogP contribution is 2.14. The Morgan fingerprint density at radius 1 is 1.21 bits per heavy atom. The fraction of sp³-hybridized carbons (Fsp3) is 0.529. The van der Waals surface area contributed by atoms with E-state index in [4.69, 9.17) is 0 Å². The molecule has 0 saturated carbocycles. The standard InChI is InChI=1S/C17H24FN3O2.ClH/c1-12-4-5-14(10-15(12)18)17(23)21-8-6-20(7-9-21)16(22)13(2)11-19-3;/h4-5,10,13,19H,6-9,11H2,1-3H3;1H. The van der Waals surface area contributed by atoms with Gasteiger partial charge in [0.25, 0.3) is 5.91 Å². The van der Waals surface area contributed by atoms with Crippen molar-refractivity contribution in [3.63, 3.8) is 0 Å². The van der Waals surface area contributed by atoms with Crippen LogP contribution in [-0.2, 0) is 4.79 Å². The lowest BCUT2D eigenvalue weighted by Gasteiger charge is -2.36. The number of benzene rings is 1. The van der Waals surface area contributed by atoms with Gasteiger partial charge < -0.3 is 15.1 Å². The second-order valence-electron chi connectivity index (χ2n) is 6.04. The first-order valence-corrected chi connectivity index (χ1v) is 7.93. The van der Waals surface area contributed by atoms with E-state index in [1.165, 1.54) is 6.07 Å². The molecule has 1 atom stereocenters. The summed E-state index contributed by atoms with van der Waals surface area (Å²) in [6.07, 6.45) is 0. The largest absolute Gasteiger partial charge is 0.339 e. The molecule has 5 nitrogen and oxygen atoms in total. The summed E-state index contributed by atoms with van der Waals surface area (Å²) < 4.78 is 13.6. The third-order valence-electron chi connectivity index (χ3n) is 4.23. The molecule has 1 aliphatic heterocycles. The number of aryl methyl sites for hydroxylation is 1. The maximum absolute atomic E-state index is 13.6. The summed E-state index contributed by atoms with van der Waals surface area (Å²) in [7, 11) is 1.82. The Hall–Kier alpha value is -1.66. The van der Waals surface area contributed by atoms with Crippen LogP contribution >= 0.6 is 12.4 Å². The Morgan fingerprint density at radius 2 is 1.79 bits per heavy atom. The normalized spacial score (nSPS) is 15.7. The number of carbonyl (C=O) groups excluding carboxylic acids is 2. The van der Waals surface area contributed by atoms with Gasteiger partial charge in [0.05, 0.1) is 0 Å². The van der Waals surface area contributed by atoms with Crippen LogP contribution in [0.4, 0.5) is 4.39 Å². The van der Waals surface area contributed by atoms with Crippen molar-refractivity contribution in [2.45, 2.75) is 13.8 Å². The van der Waals surface area contributed by atoms with E-state index in [9.17, 15) is 14.0 Å². The van der Waals surface area contributed by atoms with E-state index in [2.05, 4.69) is 5.32 Å². The van der Waals surface area contributed by atoms with Gasteiger partial charge in [0.15, 0.2) is 0 Å². The fourth-order valence-corrected chi connectivity index (χ4v) is 2.74. The molecule has 0 aliphatic carbocycles. The highest BCUT2D eigenvalue weighted by molar-refractivity contribution is 5.94. The number of nitrogens with one attached hydrogen (secondary N) is 1. The van der Waals surface area contributed by atoms with E-state index in [-0.39, 0.29) is 36.0 Å². The van der Waals surface area contributed by atoms with Crippen molar-refractivity contribution in [3.05, 3.63) is 35.1 Å². The highest BCUT2D eigenvalue weighted by Gasteiger charge is 2.27. The number of carbonyl (C=O) groups is 2. The second kappa shape index (κ2) is 8.99. The number of hydrogen-bond acceptors (Lipinski definition) is 3. The van der Waals surface area contributed by atoms with Crippen LogP contribution in [-0.4, -0.2) is 61.4 Å². The molecular formula is C17H25ClFN3O2. The third-order valence-corrected chi connectivity index (χ3v) is 4.23. The lowest BCUT2D eigenvalue weighted by Crippen LogP contribution is -2.52. The summed E-state index contributed by atoms with van der Waals surface area (Å²) in [4.78, 5) is 28.1. The van der Waals surface area contributed by atoms with Gasteiger partial charge in [-0.2, -0.15) is 0 Å². The molecule has 0 spiro atoms. The van der Waals surface area contributed by atoms with Gasteiger partial charge in [-0.05, 0) is 31.7 Å². The van der Waals surface area contributed by atoms with E-state index in [1.54, 1.807) is 28.9 Å². The Bertz CT molecular complexity index is 589. The van der Waals surface area contributed by atoms with Crippen LogP contribution in [0.15, 0.2) is 18.2 Å². The zero-order chi connectivity index (χ0) is 17.0. The lowest BCUT2D eigenvalue weighted by atomic mass is 10.1. The quantitative estimate of drug-likeness (QED) is 0.892. The van der Waals surface area contributed by atoms with Crippen LogP contribution in [0.3, 0.4) is 0 Å². The van der Waals surface area contributed by atoms with Crippen LogP contribution in [0.2, 0.25) is 0 Å². The first-order chi connectivity index (χ1) is 10.9. The molecule has 0 bridgehead atoms. The Morgan fingerprint density at radius 3 is 2.33 bits per heavy atom. The van der Waals surface area contributed by atoms with Crippen LogP contribution in [0, 0.1) is 18.7 Å². The molecule has 2 amide bonds. The van der Waals surface area contributed by atoms with E-state index < -0.39 is 0 Å². The molecule has 1 unspecified atom stereocenters.